The van der Waals surface area contributed by atoms with E-state index in [-0.39, 0.29) is 38.0 Å². The molecule has 0 saturated carbocycles. The predicted octanol–water partition coefficient (Wildman–Crippen LogP) is 6.68. The third-order valence-electron chi connectivity index (χ3n) is 12.6. The van der Waals surface area contributed by atoms with Gasteiger partial charge in [-0.1, -0.05) is 94.9 Å². The second-order valence-electron chi connectivity index (χ2n) is 19.3. The van der Waals surface area contributed by atoms with Crippen LogP contribution in [0.15, 0.2) is 134 Å². The predicted molar refractivity (Wildman–Crippen MR) is 326 cm³/mol. The van der Waals surface area contributed by atoms with Crippen molar-refractivity contribution in [2.45, 2.75) is 97.4 Å². The van der Waals surface area contributed by atoms with E-state index >= 15 is 0 Å². The third-order valence-corrected chi connectivity index (χ3v) is 19.9. The molecule has 486 valence electrons. The van der Waals surface area contributed by atoms with Crippen LogP contribution in [0, 0.1) is 22.9 Å². The van der Waals surface area contributed by atoms with Crippen molar-refractivity contribution in [2.24, 2.45) is 34.7 Å². The molecule has 4 aromatic rings. The number of nitrogens with one attached hydrogen (secondary N) is 2. The van der Waals surface area contributed by atoms with E-state index in [0.29, 0.717) is 10.5 Å². The second kappa shape index (κ2) is 35.0. The van der Waals surface area contributed by atoms with Crippen LogP contribution in [0.25, 0.3) is 0 Å². The molecule has 1 fully saturated rings. The highest BCUT2D eigenvalue weighted by atomic mass is 35.5. The number of halogens is 8. The lowest BCUT2D eigenvalue weighted by molar-refractivity contribution is -0.122. The minimum absolute atomic E-state index is 0.208. The van der Waals surface area contributed by atoms with Gasteiger partial charge in [0.05, 0.1) is 69.2 Å². The van der Waals surface area contributed by atoms with E-state index in [1.807, 2.05) is 25.8 Å². The standard InChI is InChI=1S/C15H20FN3O2S.C13H16Cl2FN3O4S.C13H14Cl2FN3O3S.C11H16FN3O3S/c1-15(2)19(3)13(9-16)14(21-15)11-5-7-12(8-6-11)22(4,20)18-10-17;1-24(23,19-13(17)22)8-4-2-7(3-5-8)10(20)9(6-16)18-12(21)11(14)15;1-23(22,18-7-17)9-4-2-8(3-5-9)11(20)10(6-16)19-13(21)12(14)15;1-19(18,15-11(14)17)8-4-2-7(3-5-8)10(16)9(13)6-12/h5-8,13-14H,9H2,1-4H3;2-5,9-11,20H,6H2,1H3,(H2,17,22)(H,18,21);2-5,10-12,20H,6H2,1H3,(H,19,21);2-5,9-10,16H,6,13H2,1H3,(H2,14,17)/t13-,14-,22?;9-,10-,24?;10-,11-,23?;9-,10-,19?/m1111/s1. The average molecular weight is 1400 g/mol. The zero-order valence-corrected chi connectivity index (χ0v) is 54.2. The molecule has 0 aliphatic carbocycles. The van der Waals surface area contributed by atoms with Gasteiger partial charge in [-0.3, -0.25) is 14.5 Å². The van der Waals surface area contributed by atoms with Gasteiger partial charge in [0.25, 0.3) is 11.8 Å². The molecule has 88 heavy (non-hydrogen) atoms. The number of primary amides is 2. The summed E-state index contributed by atoms with van der Waals surface area (Å²) in [7, 11) is -9.67. The van der Waals surface area contributed by atoms with Gasteiger partial charge >= 0.3 is 12.1 Å². The van der Waals surface area contributed by atoms with Crippen molar-refractivity contribution in [3.8, 4) is 12.4 Å². The van der Waals surface area contributed by atoms with E-state index in [1.54, 1.807) is 30.5 Å². The maximum absolute atomic E-state index is 13.4. The Balaban J connectivity index is 0.000000401. The zero-order valence-electron chi connectivity index (χ0n) is 47.9. The summed E-state index contributed by atoms with van der Waals surface area (Å²) < 4.78 is 120. The van der Waals surface area contributed by atoms with E-state index in [1.165, 1.54) is 104 Å². The first kappa shape index (κ1) is 78.3. The Morgan fingerprint density at radius 2 is 0.909 bits per heavy atom. The number of urea groups is 2. The van der Waals surface area contributed by atoms with Crippen LogP contribution in [0.4, 0.5) is 27.2 Å². The Kier molecular flexibility index (Phi) is 31.1. The number of rotatable bonds is 19. The average Bonchev–Trinajstić information content (AvgIpc) is 3.56. The van der Waals surface area contributed by atoms with Crippen LogP contribution in [0.3, 0.4) is 0 Å². The first-order valence-electron chi connectivity index (χ1n) is 25.1. The summed E-state index contributed by atoms with van der Waals surface area (Å²) in [6, 6.07) is 17.7. The number of ether oxygens (including phenoxy) is 1. The van der Waals surface area contributed by atoms with Crippen molar-refractivity contribution in [1.29, 1.82) is 10.5 Å². The summed E-state index contributed by atoms with van der Waals surface area (Å²) in [5.74, 6) is -1.66. The highest BCUT2D eigenvalue weighted by Crippen LogP contribution is 2.40. The number of hydrogen-bond donors (Lipinski definition) is 8. The molecule has 1 heterocycles. The van der Waals surface area contributed by atoms with Crippen molar-refractivity contribution >= 4 is 109 Å². The van der Waals surface area contributed by atoms with E-state index in [9.17, 15) is 68.9 Å². The van der Waals surface area contributed by atoms with Crippen LogP contribution < -0.4 is 27.8 Å². The van der Waals surface area contributed by atoms with Crippen molar-refractivity contribution in [3.63, 3.8) is 0 Å². The third kappa shape index (κ3) is 23.2. The monoisotopic (exact) mass is 1390 g/mol. The van der Waals surface area contributed by atoms with Crippen LogP contribution in [0.2, 0.25) is 0 Å². The fraction of sp³-hybridized carbons (Fsp3) is 0.423. The Morgan fingerprint density at radius 1 is 0.602 bits per heavy atom. The number of nitrogens with zero attached hydrogens (tertiary/aromatic N) is 7. The lowest BCUT2D eigenvalue weighted by Gasteiger charge is -2.28. The summed E-state index contributed by atoms with van der Waals surface area (Å²) in [5.41, 5.74) is 16.3. The lowest BCUT2D eigenvalue weighted by Crippen LogP contribution is -2.43. The summed E-state index contributed by atoms with van der Waals surface area (Å²) >= 11 is 21.4. The smallest absolute Gasteiger partial charge is 0.346 e. The fourth-order valence-corrected chi connectivity index (χ4v) is 11.8. The van der Waals surface area contributed by atoms with Crippen LogP contribution in [-0.4, -0.2) is 159 Å². The number of hydrogen-bond acceptors (Lipinski definition) is 18. The molecule has 4 aromatic carbocycles. The number of nitrogens with two attached hydrogens (primary N) is 3. The van der Waals surface area contributed by atoms with Crippen molar-refractivity contribution in [1.82, 2.24) is 15.5 Å². The first-order chi connectivity index (χ1) is 40.8. The summed E-state index contributed by atoms with van der Waals surface area (Å²) in [4.78, 5) is 44.6. The van der Waals surface area contributed by atoms with E-state index in [4.69, 9.17) is 78.9 Å². The van der Waals surface area contributed by atoms with Gasteiger partial charge in [0.1, 0.15) is 50.7 Å². The number of nitriles is 2. The molecule has 6 amide bonds. The number of aliphatic hydroxyl groups excluding tert-OH is 3. The summed E-state index contributed by atoms with van der Waals surface area (Å²) in [5, 5.41) is 51.4. The van der Waals surface area contributed by atoms with Crippen LogP contribution in [-0.2, 0) is 53.2 Å². The molecule has 24 nitrogen and oxygen atoms in total. The molecule has 0 bridgehead atoms. The van der Waals surface area contributed by atoms with Gasteiger partial charge in [0, 0.05) is 44.6 Å². The Morgan fingerprint density at radius 3 is 1.18 bits per heavy atom. The minimum Gasteiger partial charge on any atom is -0.387 e. The van der Waals surface area contributed by atoms with Gasteiger partial charge in [-0.15, -0.1) is 17.5 Å². The van der Waals surface area contributed by atoms with Gasteiger partial charge < -0.3 is 47.9 Å². The van der Waals surface area contributed by atoms with Gasteiger partial charge in [0.2, 0.25) is 12.4 Å². The number of likely N-dealkylation sites (N-methyl/N-ethyl adjacent to an activating group) is 1. The van der Waals surface area contributed by atoms with E-state index < -0.39 is 141 Å². The zero-order chi connectivity index (χ0) is 67.3. The van der Waals surface area contributed by atoms with Crippen molar-refractivity contribution in [3.05, 3.63) is 119 Å². The number of amides is 6. The highest BCUT2D eigenvalue weighted by Gasteiger charge is 2.45. The number of alkyl halides is 8. The summed E-state index contributed by atoms with van der Waals surface area (Å²) in [6.45, 7) is 0.328. The molecule has 0 aromatic heterocycles. The number of carbonyl (C=O) groups is 4. The van der Waals surface area contributed by atoms with E-state index in [2.05, 4.69) is 28.1 Å². The Bertz CT molecular complexity index is 3650. The van der Waals surface area contributed by atoms with Crippen LogP contribution >= 0.6 is 46.4 Å². The molecule has 1 aliphatic rings. The molecule has 0 radical (unpaired) electrons. The maximum Gasteiger partial charge on any atom is 0.346 e. The number of aliphatic hydroxyl groups is 3. The largest absolute Gasteiger partial charge is 0.387 e. The molecule has 1 saturated heterocycles. The molecule has 5 rings (SSSR count). The van der Waals surface area contributed by atoms with Crippen LogP contribution in [0.5, 0.6) is 0 Å². The van der Waals surface area contributed by atoms with Gasteiger partial charge in [-0.05, 0) is 91.7 Å². The normalized spacial score (nSPS) is 19.1. The number of carbonyl (C=O) groups excluding carboxylic acids is 4. The summed E-state index contributed by atoms with van der Waals surface area (Å²) in [6.07, 6.45) is 3.99. The van der Waals surface area contributed by atoms with Gasteiger partial charge in [-0.2, -0.15) is 10.5 Å². The molecule has 36 heteroatoms. The molecule has 1 aliphatic heterocycles. The van der Waals surface area contributed by atoms with Gasteiger partial charge in [0.15, 0.2) is 9.67 Å². The minimum atomic E-state index is -3.02. The van der Waals surface area contributed by atoms with E-state index in [0.717, 1.165) is 5.56 Å². The van der Waals surface area contributed by atoms with Crippen LogP contribution in [0.1, 0.15) is 60.5 Å². The lowest BCUT2D eigenvalue weighted by atomic mass is 10.0. The molecular weight excluding hydrogens is 1330 g/mol. The highest BCUT2D eigenvalue weighted by molar-refractivity contribution is 7.94. The quantitative estimate of drug-likeness (QED) is 0.0275. The molecular formula is C52H66Cl4F4N12O12S4. The van der Waals surface area contributed by atoms with Gasteiger partial charge in [-0.25, -0.2) is 44.0 Å². The topological polar surface area (TPSA) is 409 Å². The Labute approximate surface area is 528 Å². The second-order valence-corrected chi connectivity index (χ2v) is 30.6. The molecule has 12 atom stereocenters. The number of benzene rings is 4. The molecule has 11 N–H and O–H groups in total. The van der Waals surface area contributed by atoms with Crippen molar-refractivity contribution in [2.75, 3.05) is 58.8 Å². The van der Waals surface area contributed by atoms with Crippen molar-refractivity contribution < 1.29 is 73.6 Å². The molecule has 4 unspecified atom stereocenters. The molecule has 0 spiro atoms. The fourth-order valence-electron chi connectivity index (χ4n) is 7.61. The Hall–Kier alpha value is -5.82. The first-order valence-corrected chi connectivity index (χ1v) is 34.5. The SMILES string of the molecule is CN1[C@H](CF)[C@@H](c2ccc(S(C)(=O)=NC#N)cc2)OC1(C)C.CS(=O)(=NC#N)c1ccc([C@@H](O)[C@@H](CF)NC(=O)C(Cl)Cl)cc1.CS(=O)(=NC(N)=O)c1ccc([C@@H](O)[C@@H](CF)NC(=O)C(Cl)Cl)cc1.CS(=O)(=NC(N)=O)c1ccc([C@@H](O)[C@H](N)CF)cc1. The maximum atomic E-state index is 13.4.